The van der Waals surface area contributed by atoms with Crippen LogP contribution in [0.5, 0.6) is 0 Å². The molecule has 1 aliphatic carbocycles. The fourth-order valence-electron chi connectivity index (χ4n) is 3.44. The monoisotopic (exact) mass is 519 g/mol. The molecule has 2 N–H and O–H groups in total. The Morgan fingerprint density at radius 3 is 2.47 bits per heavy atom. The van der Waals surface area contributed by atoms with Gasteiger partial charge in [0.25, 0.3) is 0 Å². The second-order valence-corrected chi connectivity index (χ2v) is 7.30. The van der Waals surface area contributed by atoms with Gasteiger partial charge >= 0.3 is 5.69 Å². The standard InChI is InChI=1S/C21H18ClN5O4.BrH/c22-17-13-18-19(24-31-27(18)30)20(21(17)26(28)29)23-11-12-25(16-9-5-2-6-10-16)14-15-7-3-1-4-8-15;/h1-10,13,30H,11-12,14H2;1H. The van der Waals surface area contributed by atoms with Gasteiger partial charge in [0.05, 0.1) is 11.5 Å². The Balaban J connectivity index is 0.00000289. The van der Waals surface area contributed by atoms with E-state index in [-0.39, 0.29) is 51.0 Å². The van der Waals surface area contributed by atoms with E-state index < -0.39 is 4.92 Å². The van der Waals surface area contributed by atoms with Gasteiger partial charge in [0, 0.05) is 5.56 Å². The van der Waals surface area contributed by atoms with Crippen LogP contribution in [0.25, 0.3) is 11.4 Å². The molecule has 2 aromatic rings. The SMILES string of the molecule is O=[N+]([O-])c1c(Cl)cc2n(O)onc-2c1=NCC[NH+](Cc1ccccc1)c1ccccc1.[Br-]. The molecule has 2 aromatic carbocycles. The topological polar surface area (TPSA) is 111 Å². The van der Waals surface area contributed by atoms with Crippen molar-refractivity contribution in [2.75, 3.05) is 13.1 Å². The molecule has 4 rings (SSSR count). The number of hydrogen-bond donors (Lipinski definition) is 2. The van der Waals surface area contributed by atoms with Crippen molar-refractivity contribution in [3.8, 4) is 11.4 Å². The van der Waals surface area contributed by atoms with Gasteiger partial charge < -0.3 is 22.2 Å². The fraction of sp³-hybridized carbons (Fsp3) is 0.143. The molecule has 11 heteroatoms. The maximum Gasteiger partial charge on any atom is 0.315 e. The van der Waals surface area contributed by atoms with Crippen LogP contribution in [0.3, 0.4) is 0 Å². The van der Waals surface area contributed by atoms with Crippen molar-refractivity contribution >= 4 is 23.0 Å². The zero-order valence-corrected chi connectivity index (χ0v) is 19.0. The Morgan fingerprint density at radius 1 is 1.16 bits per heavy atom. The smallest absolute Gasteiger partial charge is 0.315 e. The molecule has 0 spiro atoms. The maximum atomic E-state index is 11.6. The number of nitro groups is 1. The quantitative estimate of drug-likeness (QED) is 0.198. The molecular formula is C21H19BrClN5O4. The first-order valence-electron chi connectivity index (χ1n) is 9.54. The van der Waals surface area contributed by atoms with Crippen LogP contribution >= 0.6 is 11.6 Å². The molecule has 1 aliphatic heterocycles. The molecule has 32 heavy (non-hydrogen) atoms. The highest BCUT2D eigenvalue weighted by molar-refractivity contribution is 6.33. The third kappa shape index (κ3) is 4.98. The van der Waals surface area contributed by atoms with Crippen molar-refractivity contribution in [3.05, 3.63) is 92.8 Å². The zero-order chi connectivity index (χ0) is 21.8. The lowest BCUT2D eigenvalue weighted by Crippen LogP contribution is -3.06. The molecule has 0 fully saturated rings. The van der Waals surface area contributed by atoms with E-state index in [0.29, 0.717) is 11.4 Å². The lowest BCUT2D eigenvalue weighted by molar-refractivity contribution is -0.845. The number of hydrogen-bond acceptors (Lipinski definition) is 6. The molecule has 0 saturated heterocycles. The van der Waals surface area contributed by atoms with Crippen LogP contribution in [0.2, 0.25) is 5.02 Å². The van der Waals surface area contributed by atoms with Crippen molar-refractivity contribution in [1.29, 1.82) is 0 Å². The maximum absolute atomic E-state index is 11.6. The molecule has 0 amide bonds. The van der Waals surface area contributed by atoms with Crippen molar-refractivity contribution < 1.29 is 36.6 Å². The van der Waals surface area contributed by atoms with E-state index in [4.69, 9.17) is 16.2 Å². The third-order valence-corrected chi connectivity index (χ3v) is 5.19. The van der Waals surface area contributed by atoms with E-state index in [1.807, 2.05) is 48.5 Å². The minimum atomic E-state index is -0.608. The van der Waals surface area contributed by atoms with Crippen LogP contribution in [-0.2, 0) is 6.54 Å². The van der Waals surface area contributed by atoms with E-state index in [2.05, 4.69) is 22.3 Å². The number of para-hydroxylation sites is 1. The zero-order valence-electron chi connectivity index (χ0n) is 16.7. The average molecular weight is 521 g/mol. The molecule has 1 unspecified atom stereocenters. The molecule has 0 radical (unpaired) electrons. The highest BCUT2D eigenvalue weighted by atomic mass is 79.9. The summed E-state index contributed by atoms with van der Waals surface area (Å²) in [5, 5.41) is 24.8. The summed E-state index contributed by atoms with van der Waals surface area (Å²) in [7, 11) is 0. The summed E-state index contributed by atoms with van der Waals surface area (Å²) in [6, 6.07) is 21.2. The van der Waals surface area contributed by atoms with Crippen LogP contribution in [0.15, 0.2) is 76.4 Å². The summed E-state index contributed by atoms with van der Waals surface area (Å²) >= 11 is 6.08. The molecule has 0 saturated carbocycles. The molecule has 1 heterocycles. The minimum Gasteiger partial charge on any atom is -1.00 e. The summed E-state index contributed by atoms with van der Waals surface area (Å²) in [5.41, 5.74) is 2.05. The number of nitrogens with zero attached hydrogens (tertiary/aromatic N) is 4. The van der Waals surface area contributed by atoms with Crippen LogP contribution in [-0.4, -0.2) is 33.3 Å². The first kappa shape index (κ1) is 23.5. The van der Waals surface area contributed by atoms with E-state index in [0.717, 1.165) is 22.7 Å². The third-order valence-electron chi connectivity index (χ3n) is 4.90. The van der Waals surface area contributed by atoms with Crippen LogP contribution in [0, 0.1) is 10.1 Å². The number of fused-ring (bicyclic) bond motifs is 1. The molecule has 0 aromatic heterocycles. The van der Waals surface area contributed by atoms with Gasteiger partial charge in [0.1, 0.15) is 23.8 Å². The Hall–Kier alpha value is -3.21. The van der Waals surface area contributed by atoms with Gasteiger partial charge in [-0.05, 0) is 28.3 Å². The number of nitro benzene ring substituents is 1. The largest absolute Gasteiger partial charge is 1.00 e. The van der Waals surface area contributed by atoms with E-state index >= 15 is 0 Å². The van der Waals surface area contributed by atoms with Gasteiger partial charge in [-0.15, -0.1) is 0 Å². The van der Waals surface area contributed by atoms with Gasteiger partial charge in [-0.25, -0.2) is 4.63 Å². The second kappa shape index (κ2) is 10.4. The highest BCUT2D eigenvalue weighted by Gasteiger charge is 2.27. The normalized spacial score (nSPS) is 12.5. The van der Waals surface area contributed by atoms with Gasteiger partial charge in [0.15, 0.2) is 16.7 Å². The number of quaternary nitrogens is 1. The predicted molar refractivity (Wildman–Crippen MR) is 112 cm³/mol. The second-order valence-electron chi connectivity index (χ2n) is 6.89. The Morgan fingerprint density at radius 2 is 1.81 bits per heavy atom. The number of aromatic nitrogens is 2. The number of benzene rings is 3. The summed E-state index contributed by atoms with van der Waals surface area (Å²) < 4.78 is 4.70. The lowest BCUT2D eigenvalue weighted by Gasteiger charge is -2.18. The molecular weight excluding hydrogens is 502 g/mol. The lowest BCUT2D eigenvalue weighted by atomic mass is 10.2. The fourth-order valence-corrected chi connectivity index (χ4v) is 3.70. The van der Waals surface area contributed by atoms with Crippen LogP contribution in [0.1, 0.15) is 5.56 Å². The van der Waals surface area contributed by atoms with Crippen molar-refractivity contribution in [1.82, 2.24) is 10.1 Å². The molecule has 2 aliphatic rings. The van der Waals surface area contributed by atoms with E-state index in [9.17, 15) is 15.3 Å². The molecule has 0 bridgehead atoms. The van der Waals surface area contributed by atoms with Crippen molar-refractivity contribution in [3.63, 3.8) is 0 Å². The first-order chi connectivity index (χ1) is 15.0. The van der Waals surface area contributed by atoms with E-state index in [1.54, 1.807) is 0 Å². The number of halogens is 2. The van der Waals surface area contributed by atoms with Crippen LogP contribution in [0.4, 0.5) is 11.4 Å². The van der Waals surface area contributed by atoms with Gasteiger partial charge in [0.2, 0.25) is 0 Å². The average Bonchev–Trinajstić information content (AvgIpc) is 3.14. The Labute approximate surface area is 198 Å². The van der Waals surface area contributed by atoms with Gasteiger partial charge in [-0.2, -0.15) is 0 Å². The minimum absolute atomic E-state index is 0. The molecule has 9 nitrogen and oxygen atoms in total. The number of rotatable bonds is 7. The van der Waals surface area contributed by atoms with Gasteiger partial charge in [-0.1, -0.05) is 60.1 Å². The van der Waals surface area contributed by atoms with Crippen LogP contribution < -0.4 is 27.2 Å². The Kier molecular flexibility index (Phi) is 7.62. The predicted octanol–water partition coefficient (Wildman–Crippen LogP) is -0.299. The van der Waals surface area contributed by atoms with E-state index in [1.165, 1.54) is 6.07 Å². The first-order valence-corrected chi connectivity index (χ1v) is 9.92. The number of nitrogens with one attached hydrogen (secondary N) is 1. The summed E-state index contributed by atoms with van der Waals surface area (Å²) in [6.45, 7) is 1.57. The summed E-state index contributed by atoms with van der Waals surface area (Å²) in [4.78, 5) is 17.0. The Bertz CT molecular complexity index is 1230. The van der Waals surface area contributed by atoms with Crippen molar-refractivity contribution in [2.45, 2.75) is 6.54 Å². The highest BCUT2D eigenvalue weighted by Crippen LogP contribution is 2.27. The summed E-state index contributed by atoms with van der Waals surface area (Å²) in [5.74, 6) is 0. The summed E-state index contributed by atoms with van der Waals surface area (Å²) in [6.07, 6.45) is 0. The van der Waals surface area contributed by atoms with Gasteiger partial charge in [-0.3, -0.25) is 20.0 Å². The molecule has 166 valence electrons. The molecule has 1 atom stereocenters. The van der Waals surface area contributed by atoms with Crippen molar-refractivity contribution in [2.24, 2.45) is 4.99 Å².